The molecule has 0 spiro atoms. The summed E-state index contributed by atoms with van der Waals surface area (Å²) in [6.45, 7) is 3.95. The standard InChI is InChI=1S/C14H21N3O3/c1-2-3-4-14(18)16-10-9-15-11-12-5-7-13(8-6-12)17(19)20/h5-8,15H,2-4,9-11H2,1H3,(H,16,18). The minimum atomic E-state index is -0.414. The fourth-order valence-corrected chi connectivity index (χ4v) is 1.68. The van der Waals surface area contributed by atoms with Gasteiger partial charge >= 0.3 is 0 Å². The summed E-state index contributed by atoms with van der Waals surface area (Å²) in [6, 6.07) is 6.43. The van der Waals surface area contributed by atoms with Gasteiger partial charge in [0.05, 0.1) is 4.92 Å². The van der Waals surface area contributed by atoms with E-state index in [2.05, 4.69) is 17.6 Å². The zero-order valence-electron chi connectivity index (χ0n) is 11.7. The Kier molecular flexibility index (Phi) is 7.27. The largest absolute Gasteiger partial charge is 0.355 e. The van der Waals surface area contributed by atoms with Crippen LogP contribution in [0.1, 0.15) is 31.7 Å². The predicted octanol–water partition coefficient (Wildman–Crippen LogP) is 1.99. The van der Waals surface area contributed by atoms with E-state index in [9.17, 15) is 14.9 Å². The number of hydrogen-bond donors (Lipinski definition) is 2. The molecule has 0 radical (unpaired) electrons. The van der Waals surface area contributed by atoms with E-state index in [1.807, 2.05) is 0 Å². The second-order valence-corrected chi connectivity index (χ2v) is 4.55. The maximum Gasteiger partial charge on any atom is 0.269 e. The van der Waals surface area contributed by atoms with Crippen LogP contribution in [-0.4, -0.2) is 23.9 Å². The summed E-state index contributed by atoms with van der Waals surface area (Å²) >= 11 is 0. The number of rotatable bonds is 9. The number of carbonyl (C=O) groups excluding carboxylic acids is 1. The number of nitrogens with one attached hydrogen (secondary N) is 2. The first-order valence-corrected chi connectivity index (χ1v) is 6.84. The lowest BCUT2D eigenvalue weighted by Crippen LogP contribution is -2.31. The first-order valence-electron chi connectivity index (χ1n) is 6.84. The van der Waals surface area contributed by atoms with Crippen molar-refractivity contribution in [1.29, 1.82) is 0 Å². The van der Waals surface area contributed by atoms with E-state index in [4.69, 9.17) is 0 Å². The summed E-state index contributed by atoms with van der Waals surface area (Å²) in [7, 11) is 0. The zero-order valence-corrected chi connectivity index (χ0v) is 11.7. The van der Waals surface area contributed by atoms with Crippen LogP contribution in [0.15, 0.2) is 24.3 Å². The molecule has 0 aromatic heterocycles. The van der Waals surface area contributed by atoms with Crippen molar-refractivity contribution < 1.29 is 9.72 Å². The molecule has 2 N–H and O–H groups in total. The molecule has 0 saturated carbocycles. The Bertz CT molecular complexity index is 432. The first-order chi connectivity index (χ1) is 9.63. The Hall–Kier alpha value is -1.95. The second-order valence-electron chi connectivity index (χ2n) is 4.55. The molecular weight excluding hydrogens is 258 g/mol. The number of nitro benzene ring substituents is 1. The van der Waals surface area contributed by atoms with Crippen molar-refractivity contribution >= 4 is 11.6 Å². The van der Waals surface area contributed by atoms with Crippen LogP contribution in [0.5, 0.6) is 0 Å². The molecule has 0 atom stereocenters. The van der Waals surface area contributed by atoms with Crippen LogP contribution < -0.4 is 10.6 Å². The lowest BCUT2D eigenvalue weighted by Gasteiger charge is -2.06. The van der Waals surface area contributed by atoms with Gasteiger partial charge in [-0.3, -0.25) is 14.9 Å². The molecule has 1 aromatic carbocycles. The average Bonchev–Trinajstić information content (AvgIpc) is 2.45. The molecule has 20 heavy (non-hydrogen) atoms. The average molecular weight is 279 g/mol. The van der Waals surface area contributed by atoms with E-state index in [0.717, 1.165) is 18.4 Å². The van der Waals surface area contributed by atoms with Crippen LogP contribution in [-0.2, 0) is 11.3 Å². The van der Waals surface area contributed by atoms with Gasteiger partial charge in [-0.15, -0.1) is 0 Å². The summed E-state index contributed by atoms with van der Waals surface area (Å²) in [5.41, 5.74) is 1.07. The van der Waals surface area contributed by atoms with Gasteiger partial charge in [-0.2, -0.15) is 0 Å². The Morgan fingerprint density at radius 3 is 2.55 bits per heavy atom. The summed E-state index contributed by atoms with van der Waals surface area (Å²) in [5, 5.41) is 16.5. The molecule has 0 aliphatic heterocycles. The van der Waals surface area contributed by atoms with Gasteiger partial charge in [-0.1, -0.05) is 25.5 Å². The highest BCUT2D eigenvalue weighted by Crippen LogP contribution is 2.11. The predicted molar refractivity (Wildman–Crippen MR) is 77.3 cm³/mol. The molecule has 6 heteroatoms. The number of hydrogen-bond acceptors (Lipinski definition) is 4. The molecule has 110 valence electrons. The third-order valence-electron chi connectivity index (χ3n) is 2.86. The van der Waals surface area contributed by atoms with Gasteiger partial charge in [0.2, 0.25) is 5.91 Å². The van der Waals surface area contributed by atoms with Crippen molar-refractivity contribution in [2.75, 3.05) is 13.1 Å². The Morgan fingerprint density at radius 2 is 1.95 bits per heavy atom. The van der Waals surface area contributed by atoms with Crippen LogP contribution in [0.3, 0.4) is 0 Å². The second kappa shape index (κ2) is 9.03. The molecule has 0 fully saturated rings. The molecule has 1 amide bonds. The van der Waals surface area contributed by atoms with Gasteiger partial charge in [0.1, 0.15) is 0 Å². The minimum Gasteiger partial charge on any atom is -0.355 e. The van der Waals surface area contributed by atoms with Crippen LogP contribution in [0.4, 0.5) is 5.69 Å². The third kappa shape index (κ3) is 6.29. The van der Waals surface area contributed by atoms with Gasteiger partial charge in [-0.05, 0) is 12.0 Å². The normalized spacial score (nSPS) is 10.2. The van der Waals surface area contributed by atoms with E-state index in [1.165, 1.54) is 12.1 Å². The monoisotopic (exact) mass is 279 g/mol. The molecule has 0 saturated heterocycles. The fourth-order valence-electron chi connectivity index (χ4n) is 1.68. The van der Waals surface area contributed by atoms with Crippen molar-refractivity contribution in [1.82, 2.24) is 10.6 Å². The highest BCUT2D eigenvalue weighted by atomic mass is 16.6. The first kappa shape index (κ1) is 16.1. The summed E-state index contributed by atoms with van der Waals surface area (Å²) in [6.07, 6.45) is 2.52. The molecule has 1 rings (SSSR count). The SMILES string of the molecule is CCCCC(=O)NCCNCc1ccc([N+](=O)[O-])cc1. The molecule has 1 aromatic rings. The summed E-state index contributed by atoms with van der Waals surface area (Å²) in [5.74, 6) is 0.0870. The number of non-ortho nitro benzene ring substituents is 1. The Balaban J connectivity index is 2.15. The molecule has 0 heterocycles. The maximum atomic E-state index is 11.3. The smallest absolute Gasteiger partial charge is 0.269 e. The van der Waals surface area contributed by atoms with Crippen LogP contribution in [0.25, 0.3) is 0 Å². The number of carbonyl (C=O) groups is 1. The van der Waals surface area contributed by atoms with Crippen molar-refractivity contribution in [3.63, 3.8) is 0 Å². The van der Waals surface area contributed by atoms with Gasteiger partial charge in [0.15, 0.2) is 0 Å². The van der Waals surface area contributed by atoms with Gasteiger partial charge in [0.25, 0.3) is 5.69 Å². The highest BCUT2D eigenvalue weighted by molar-refractivity contribution is 5.75. The molecular formula is C14H21N3O3. The molecule has 0 unspecified atom stereocenters. The number of amides is 1. The minimum absolute atomic E-state index is 0.0870. The number of nitro groups is 1. The van der Waals surface area contributed by atoms with E-state index in [1.54, 1.807) is 12.1 Å². The summed E-state index contributed by atoms with van der Waals surface area (Å²) in [4.78, 5) is 21.4. The Morgan fingerprint density at radius 1 is 1.25 bits per heavy atom. The zero-order chi connectivity index (χ0) is 14.8. The molecule has 0 aliphatic carbocycles. The fraction of sp³-hybridized carbons (Fsp3) is 0.500. The number of unbranched alkanes of at least 4 members (excludes halogenated alkanes) is 1. The van der Waals surface area contributed by atoms with E-state index in [-0.39, 0.29) is 11.6 Å². The lowest BCUT2D eigenvalue weighted by molar-refractivity contribution is -0.384. The van der Waals surface area contributed by atoms with E-state index < -0.39 is 4.92 Å². The topological polar surface area (TPSA) is 84.3 Å². The summed E-state index contributed by atoms with van der Waals surface area (Å²) < 4.78 is 0. The van der Waals surface area contributed by atoms with Crippen LogP contribution >= 0.6 is 0 Å². The number of nitrogens with zero attached hydrogens (tertiary/aromatic N) is 1. The lowest BCUT2D eigenvalue weighted by atomic mass is 10.2. The van der Waals surface area contributed by atoms with Crippen LogP contribution in [0, 0.1) is 10.1 Å². The highest BCUT2D eigenvalue weighted by Gasteiger charge is 2.03. The van der Waals surface area contributed by atoms with Gasteiger partial charge in [0, 0.05) is 38.2 Å². The third-order valence-corrected chi connectivity index (χ3v) is 2.86. The van der Waals surface area contributed by atoms with Crippen molar-refractivity contribution in [3.8, 4) is 0 Å². The Labute approximate surface area is 118 Å². The van der Waals surface area contributed by atoms with Crippen molar-refractivity contribution in [2.45, 2.75) is 32.7 Å². The van der Waals surface area contributed by atoms with Crippen molar-refractivity contribution in [3.05, 3.63) is 39.9 Å². The molecule has 0 aliphatic rings. The maximum absolute atomic E-state index is 11.3. The number of benzene rings is 1. The van der Waals surface area contributed by atoms with E-state index in [0.29, 0.717) is 26.1 Å². The van der Waals surface area contributed by atoms with Crippen molar-refractivity contribution in [2.24, 2.45) is 0 Å². The molecule has 0 bridgehead atoms. The van der Waals surface area contributed by atoms with E-state index >= 15 is 0 Å². The van der Waals surface area contributed by atoms with Crippen LogP contribution in [0.2, 0.25) is 0 Å². The quantitative estimate of drug-likeness (QED) is 0.411. The molecule has 6 nitrogen and oxygen atoms in total. The van der Waals surface area contributed by atoms with Gasteiger partial charge in [-0.25, -0.2) is 0 Å². The van der Waals surface area contributed by atoms with Gasteiger partial charge < -0.3 is 10.6 Å².